The number of carbonyl (C=O) groups excluding carboxylic acids is 1. The van der Waals surface area contributed by atoms with Crippen molar-refractivity contribution in [2.75, 3.05) is 25.2 Å². The molecule has 3 aromatic rings. The maximum Gasteiger partial charge on any atom is 0.322 e. The molecule has 0 radical (unpaired) electrons. The van der Waals surface area contributed by atoms with Gasteiger partial charge in [0, 0.05) is 36.9 Å². The Kier molecular flexibility index (Phi) is 5.15. The molecule has 1 saturated heterocycles. The fourth-order valence-corrected chi connectivity index (χ4v) is 5.30. The Morgan fingerprint density at radius 3 is 2.48 bits per heavy atom. The first-order valence-electron chi connectivity index (χ1n) is 11.6. The summed E-state index contributed by atoms with van der Waals surface area (Å²) in [5.74, 6) is 1.65. The van der Waals surface area contributed by atoms with Crippen molar-refractivity contribution >= 4 is 11.7 Å². The number of ether oxygens (including phenoxy) is 2. The number of nitrogens with zero attached hydrogens (tertiary/aromatic N) is 2. The lowest BCUT2D eigenvalue weighted by atomic mass is 9.90. The number of fused-ring (bicyclic) bond motifs is 2. The van der Waals surface area contributed by atoms with Crippen molar-refractivity contribution in [1.82, 2.24) is 9.80 Å². The maximum atomic E-state index is 13.3. The third kappa shape index (κ3) is 3.80. The first-order chi connectivity index (χ1) is 16.3. The second-order valence-corrected chi connectivity index (χ2v) is 8.93. The molecule has 1 N–H and O–H groups in total. The average molecular weight is 442 g/mol. The number of anilines is 1. The monoisotopic (exact) mass is 441 g/mol. The van der Waals surface area contributed by atoms with E-state index in [0.717, 1.165) is 60.8 Å². The number of benzene rings is 3. The topological polar surface area (TPSA) is 54.0 Å². The summed E-state index contributed by atoms with van der Waals surface area (Å²) in [7, 11) is 0. The summed E-state index contributed by atoms with van der Waals surface area (Å²) in [6.07, 6.45) is 1.90. The van der Waals surface area contributed by atoms with Crippen molar-refractivity contribution < 1.29 is 14.3 Å². The highest BCUT2D eigenvalue weighted by Crippen LogP contribution is 2.40. The Hall–Kier alpha value is -3.51. The van der Waals surface area contributed by atoms with Gasteiger partial charge >= 0.3 is 6.03 Å². The van der Waals surface area contributed by atoms with Crippen LogP contribution in [-0.2, 0) is 6.54 Å². The molecule has 6 nitrogen and oxygen atoms in total. The quantitative estimate of drug-likeness (QED) is 0.618. The first-order valence-corrected chi connectivity index (χ1v) is 11.6. The molecule has 0 bridgehead atoms. The van der Waals surface area contributed by atoms with Crippen LogP contribution in [0.5, 0.6) is 11.5 Å². The number of carbonyl (C=O) groups is 1. The lowest BCUT2D eigenvalue weighted by molar-refractivity contribution is 0.106. The van der Waals surface area contributed by atoms with E-state index in [0.29, 0.717) is 6.79 Å². The van der Waals surface area contributed by atoms with Gasteiger partial charge in [-0.3, -0.25) is 4.90 Å². The lowest BCUT2D eigenvalue weighted by Crippen LogP contribution is -2.52. The molecule has 1 fully saturated rings. The summed E-state index contributed by atoms with van der Waals surface area (Å²) in [5, 5.41) is 3.13. The van der Waals surface area contributed by atoms with Gasteiger partial charge in [0.2, 0.25) is 6.79 Å². The molecule has 0 aliphatic carbocycles. The molecule has 3 heterocycles. The second kappa shape index (κ2) is 8.45. The molecule has 33 heavy (non-hydrogen) atoms. The SMILES string of the molecule is O=C1Nc2ccccc2C(c2ccccc2)N1C1CCN(Cc2ccc3c(c2)OCO3)CC1. The molecule has 0 spiro atoms. The van der Waals surface area contributed by atoms with Crippen molar-refractivity contribution in [1.29, 1.82) is 0 Å². The Balaban J connectivity index is 1.20. The van der Waals surface area contributed by atoms with Gasteiger partial charge in [-0.1, -0.05) is 54.6 Å². The number of hydrogen-bond acceptors (Lipinski definition) is 4. The lowest BCUT2D eigenvalue weighted by Gasteiger charge is -2.45. The number of nitrogens with one attached hydrogen (secondary N) is 1. The Morgan fingerprint density at radius 2 is 1.64 bits per heavy atom. The van der Waals surface area contributed by atoms with Crippen LogP contribution in [0.4, 0.5) is 10.5 Å². The van der Waals surface area contributed by atoms with Gasteiger partial charge in [-0.05, 0) is 42.2 Å². The Labute approximate surface area is 193 Å². The van der Waals surface area contributed by atoms with Crippen molar-refractivity contribution in [3.8, 4) is 11.5 Å². The minimum Gasteiger partial charge on any atom is -0.454 e. The minimum absolute atomic E-state index is 0.00299. The van der Waals surface area contributed by atoms with Crippen LogP contribution in [0.15, 0.2) is 72.8 Å². The third-order valence-corrected chi connectivity index (χ3v) is 6.92. The van der Waals surface area contributed by atoms with Crippen LogP contribution in [0.25, 0.3) is 0 Å². The first kappa shape index (κ1) is 20.1. The van der Waals surface area contributed by atoms with E-state index in [1.165, 1.54) is 5.56 Å². The zero-order chi connectivity index (χ0) is 22.2. The fraction of sp³-hybridized carbons (Fsp3) is 0.296. The van der Waals surface area contributed by atoms with E-state index in [4.69, 9.17) is 9.47 Å². The molecule has 3 aliphatic heterocycles. The summed E-state index contributed by atoms with van der Waals surface area (Å²) in [4.78, 5) is 17.8. The molecular formula is C27H27N3O3. The number of rotatable bonds is 4. The van der Waals surface area contributed by atoms with Crippen LogP contribution in [0.2, 0.25) is 0 Å². The van der Waals surface area contributed by atoms with Crippen molar-refractivity contribution in [2.45, 2.75) is 31.5 Å². The van der Waals surface area contributed by atoms with Gasteiger partial charge in [0.25, 0.3) is 0 Å². The number of amides is 2. The number of para-hydroxylation sites is 1. The predicted molar refractivity (Wildman–Crippen MR) is 126 cm³/mol. The van der Waals surface area contributed by atoms with Gasteiger partial charge in [-0.25, -0.2) is 4.79 Å². The zero-order valence-electron chi connectivity index (χ0n) is 18.4. The largest absolute Gasteiger partial charge is 0.454 e. The number of piperidine rings is 1. The van der Waals surface area contributed by atoms with Crippen LogP contribution < -0.4 is 14.8 Å². The summed E-state index contributed by atoms with van der Waals surface area (Å²) in [6.45, 7) is 3.08. The minimum atomic E-state index is -0.0680. The molecule has 0 aromatic heterocycles. The molecule has 168 valence electrons. The van der Waals surface area contributed by atoms with Gasteiger partial charge < -0.3 is 19.7 Å². The summed E-state index contributed by atoms with van der Waals surface area (Å²) in [5.41, 5.74) is 4.45. The molecule has 1 unspecified atom stereocenters. The molecule has 0 saturated carbocycles. The van der Waals surface area contributed by atoms with E-state index >= 15 is 0 Å². The summed E-state index contributed by atoms with van der Waals surface area (Å²) < 4.78 is 11.0. The van der Waals surface area contributed by atoms with Crippen LogP contribution >= 0.6 is 0 Å². The predicted octanol–water partition coefficient (Wildman–Crippen LogP) is 5.02. The molecule has 3 aromatic carbocycles. The van der Waals surface area contributed by atoms with Gasteiger partial charge in [-0.15, -0.1) is 0 Å². The van der Waals surface area contributed by atoms with Crippen LogP contribution in [0.1, 0.15) is 35.6 Å². The van der Waals surface area contributed by atoms with Crippen molar-refractivity contribution in [2.24, 2.45) is 0 Å². The smallest absolute Gasteiger partial charge is 0.322 e. The third-order valence-electron chi connectivity index (χ3n) is 6.92. The molecule has 2 amide bonds. The van der Waals surface area contributed by atoms with E-state index in [-0.39, 0.29) is 18.1 Å². The van der Waals surface area contributed by atoms with Gasteiger partial charge in [-0.2, -0.15) is 0 Å². The highest BCUT2D eigenvalue weighted by atomic mass is 16.7. The average Bonchev–Trinajstić information content (AvgIpc) is 3.32. The number of urea groups is 1. The highest BCUT2D eigenvalue weighted by molar-refractivity contribution is 5.93. The molecule has 6 heteroatoms. The Bertz CT molecular complexity index is 1160. The van der Waals surface area contributed by atoms with Crippen molar-refractivity contribution in [3.05, 3.63) is 89.5 Å². The Morgan fingerprint density at radius 1 is 0.879 bits per heavy atom. The van der Waals surface area contributed by atoms with E-state index in [1.807, 2.05) is 24.3 Å². The standard InChI is InChI=1S/C27H27N3O3/c31-27-28-23-9-5-4-8-22(23)26(20-6-2-1-3-7-20)30(27)21-12-14-29(15-13-21)17-19-10-11-24-25(16-19)33-18-32-24/h1-11,16,21,26H,12-15,17-18H2,(H,28,31). The molecular weight excluding hydrogens is 414 g/mol. The van der Waals surface area contributed by atoms with E-state index < -0.39 is 0 Å². The number of hydrogen-bond donors (Lipinski definition) is 1. The van der Waals surface area contributed by atoms with Crippen molar-refractivity contribution in [3.63, 3.8) is 0 Å². The summed E-state index contributed by atoms with van der Waals surface area (Å²) in [6, 6.07) is 24.8. The summed E-state index contributed by atoms with van der Waals surface area (Å²) >= 11 is 0. The molecule has 1 atom stereocenters. The number of likely N-dealkylation sites (tertiary alicyclic amines) is 1. The molecule has 3 aliphatic rings. The van der Waals surface area contributed by atoms with Crippen LogP contribution in [0, 0.1) is 0 Å². The molecule has 6 rings (SSSR count). The maximum absolute atomic E-state index is 13.3. The van der Waals surface area contributed by atoms with E-state index in [2.05, 4.69) is 63.6 Å². The fourth-order valence-electron chi connectivity index (χ4n) is 5.30. The van der Waals surface area contributed by atoms with Gasteiger partial charge in [0.1, 0.15) is 0 Å². The second-order valence-electron chi connectivity index (χ2n) is 8.93. The zero-order valence-corrected chi connectivity index (χ0v) is 18.4. The van der Waals surface area contributed by atoms with E-state index in [9.17, 15) is 4.79 Å². The van der Waals surface area contributed by atoms with Crippen LogP contribution in [0.3, 0.4) is 0 Å². The highest BCUT2D eigenvalue weighted by Gasteiger charge is 2.39. The van der Waals surface area contributed by atoms with Gasteiger partial charge in [0.15, 0.2) is 11.5 Å². The van der Waals surface area contributed by atoms with Gasteiger partial charge in [0.05, 0.1) is 6.04 Å². The normalized spacial score (nSPS) is 20.4. The van der Waals surface area contributed by atoms with E-state index in [1.54, 1.807) is 0 Å². The van der Waals surface area contributed by atoms with Crippen LogP contribution in [-0.4, -0.2) is 41.8 Å².